The number of hydrogen-bond acceptors (Lipinski definition) is 3. The van der Waals surface area contributed by atoms with Gasteiger partial charge in [0, 0.05) is 6.04 Å². The maximum absolute atomic E-state index is 12.9. The lowest BCUT2D eigenvalue weighted by molar-refractivity contribution is -0.127. The minimum Gasteiger partial charge on any atom is -0.352 e. The third-order valence-corrected chi connectivity index (χ3v) is 5.21. The number of carbonyl (C=O) groups is 3. The zero-order chi connectivity index (χ0) is 18.0. The standard InChI is InChI=1S/C20H26N2O3/c1-13(2)17(18(23)21-14-9-5-3-4-6-10-14)22-19(24)15-11-7-8-12-16(15)20(22)25/h7-8,11-14,17H,3-6,9-10H2,1-2H3,(H,21,23)/t17-/m0/s1. The minimum absolute atomic E-state index is 0.145. The third kappa shape index (κ3) is 3.46. The summed E-state index contributed by atoms with van der Waals surface area (Å²) in [6.07, 6.45) is 6.59. The average molecular weight is 342 g/mol. The van der Waals surface area contributed by atoms with Crippen LogP contribution in [0, 0.1) is 5.92 Å². The van der Waals surface area contributed by atoms with Crippen molar-refractivity contribution in [2.45, 2.75) is 64.5 Å². The van der Waals surface area contributed by atoms with Crippen molar-refractivity contribution in [3.05, 3.63) is 35.4 Å². The highest BCUT2D eigenvalue weighted by atomic mass is 16.2. The zero-order valence-corrected chi connectivity index (χ0v) is 15.0. The summed E-state index contributed by atoms with van der Waals surface area (Å²) in [5.74, 6) is -1.09. The van der Waals surface area contributed by atoms with Gasteiger partial charge in [-0.2, -0.15) is 0 Å². The van der Waals surface area contributed by atoms with Gasteiger partial charge in [-0.3, -0.25) is 19.3 Å². The first kappa shape index (κ1) is 17.6. The van der Waals surface area contributed by atoms with Crippen LogP contribution in [0.2, 0.25) is 0 Å². The molecule has 1 heterocycles. The first-order valence-corrected chi connectivity index (χ1v) is 9.28. The number of benzene rings is 1. The van der Waals surface area contributed by atoms with Crippen LogP contribution in [0.25, 0.3) is 0 Å². The molecule has 1 atom stereocenters. The number of carbonyl (C=O) groups excluding carboxylic acids is 3. The highest BCUT2D eigenvalue weighted by Crippen LogP contribution is 2.27. The van der Waals surface area contributed by atoms with E-state index in [1.807, 2.05) is 13.8 Å². The van der Waals surface area contributed by atoms with Crippen LogP contribution in [0.3, 0.4) is 0 Å². The molecule has 0 bridgehead atoms. The van der Waals surface area contributed by atoms with E-state index in [4.69, 9.17) is 0 Å². The lowest BCUT2D eigenvalue weighted by Gasteiger charge is -2.30. The number of imide groups is 1. The molecule has 0 spiro atoms. The number of amides is 3. The second kappa shape index (κ2) is 7.38. The molecule has 1 aromatic rings. The Labute approximate surface area is 148 Å². The SMILES string of the molecule is CC(C)[C@@H](C(=O)NC1CCCCCC1)N1C(=O)c2ccccc2C1=O. The topological polar surface area (TPSA) is 66.5 Å². The molecule has 2 aliphatic rings. The molecule has 0 unspecified atom stereocenters. The van der Waals surface area contributed by atoms with E-state index in [0.29, 0.717) is 11.1 Å². The Kier molecular flexibility index (Phi) is 5.21. The summed E-state index contributed by atoms with van der Waals surface area (Å²) < 4.78 is 0. The van der Waals surface area contributed by atoms with E-state index in [1.54, 1.807) is 24.3 Å². The number of nitrogens with zero attached hydrogens (tertiary/aromatic N) is 1. The van der Waals surface area contributed by atoms with E-state index < -0.39 is 6.04 Å². The summed E-state index contributed by atoms with van der Waals surface area (Å²) in [6.45, 7) is 3.75. The van der Waals surface area contributed by atoms with Gasteiger partial charge < -0.3 is 5.32 Å². The Morgan fingerprint density at radius 2 is 1.52 bits per heavy atom. The molecule has 0 saturated heterocycles. The monoisotopic (exact) mass is 342 g/mol. The Hall–Kier alpha value is -2.17. The first-order chi connectivity index (χ1) is 12.0. The summed E-state index contributed by atoms with van der Waals surface area (Å²) >= 11 is 0. The number of rotatable bonds is 4. The van der Waals surface area contributed by atoms with Gasteiger partial charge in [-0.05, 0) is 30.9 Å². The maximum atomic E-state index is 12.9. The van der Waals surface area contributed by atoms with Crippen molar-refractivity contribution in [3.63, 3.8) is 0 Å². The quantitative estimate of drug-likeness (QED) is 0.675. The fraction of sp³-hybridized carbons (Fsp3) is 0.550. The van der Waals surface area contributed by atoms with E-state index in [1.165, 1.54) is 12.8 Å². The molecule has 1 aromatic carbocycles. The van der Waals surface area contributed by atoms with Crippen molar-refractivity contribution < 1.29 is 14.4 Å². The normalized spacial score (nSPS) is 19.7. The van der Waals surface area contributed by atoms with E-state index in [-0.39, 0.29) is 29.7 Å². The van der Waals surface area contributed by atoms with Crippen molar-refractivity contribution in [2.24, 2.45) is 5.92 Å². The number of fused-ring (bicyclic) bond motifs is 1. The van der Waals surface area contributed by atoms with Crippen LogP contribution in [0.4, 0.5) is 0 Å². The maximum Gasteiger partial charge on any atom is 0.262 e. The van der Waals surface area contributed by atoms with Crippen LogP contribution in [-0.4, -0.2) is 34.7 Å². The van der Waals surface area contributed by atoms with Crippen molar-refractivity contribution in [2.75, 3.05) is 0 Å². The second-order valence-corrected chi connectivity index (χ2v) is 7.41. The van der Waals surface area contributed by atoms with Gasteiger partial charge in [-0.15, -0.1) is 0 Å². The summed E-state index contributed by atoms with van der Waals surface area (Å²) in [7, 11) is 0. The van der Waals surface area contributed by atoms with E-state index >= 15 is 0 Å². The van der Waals surface area contributed by atoms with Gasteiger partial charge in [0.25, 0.3) is 11.8 Å². The Morgan fingerprint density at radius 1 is 1.00 bits per heavy atom. The molecular formula is C20H26N2O3. The fourth-order valence-electron chi connectivity index (χ4n) is 3.89. The summed E-state index contributed by atoms with van der Waals surface area (Å²) in [5, 5.41) is 3.10. The van der Waals surface area contributed by atoms with E-state index in [0.717, 1.165) is 30.6 Å². The Balaban J connectivity index is 1.80. The van der Waals surface area contributed by atoms with Gasteiger partial charge in [-0.1, -0.05) is 51.7 Å². The highest BCUT2D eigenvalue weighted by molar-refractivity contribution is 6.22. The lowest BCUT2D eigenvalue weighted by Crippen LogP contribution is -2.54. The van der Waals surface area contributed by atoms with Gasteiger partial charge >= 0.3 is 0 Å². The van der Waals surface area contributed by atoms with Crippen LogP contribution in [0.15, 0.2) is 24.3 Å². The molecule has 1 N–H and O–H groups in total. The van der Waals surface area contributed by atoms with Crippen LogP contribution < -0.4 is 5.32 Å². The van der Waals surface area contributed by atoms with Crippen molar-refractivity contribution >= 4 is 17.7 Å². The lowest BCUT2D eigenvalue weighted by atomic mass is 10.00. The van der Waals surface area contributed by atoms with Gasteiger partial charge in [0.05, 0.1) is 11.1 Å². The molecule has 1 fully saturated rings. The summed E-state index contributed by atoms with van der Waals surface area (Å²) in [6, 6.07) is 6.15. The molecule has 5 nitrogen and oxygen atoms in total. The third-order valence-electron chi connectivity index (χ3n) is 5.21. The fourth-order valence-corrected chi connectivity index (χ4v) is 3.89. The molecule has 3 rings (SSSR count). The molecule has 1 aliphatic carbocycles. The highest BCUT2D eigenvalue weighted by Gasteiger charge is 2.44. The van der Waals surface area contributed by atoms with Crippen LogP contribution in [-0.2, 0) is 4.79 Å². The van der Waals surface area contributed by atoms with Gasteiger partial charge in [0.1, 0.15) is 6.04 Å². The first-order valence-electron chi connectivity index (χ1n) is 9.28. The molecule has 5 heteroatoms. The Morgan fingerprint density at radius 3 is 2.00 bits per heavy atom. The molecule has 134 valence electrons. The average Bonchev–Trinajstić information content (AvgIpc) is 2.77. The van der Waals surface area contributed by atoms with E-state index in [9.17, 15) is 14.4 Å². The zero-order valence-electron chi connectivity index (χ0n) is 15.0. The predicted octanol–water partition coefficient (Wildman–Crippen LogP) is 3.15. The molecule has 1 aliphatic heterocycles. The smallest absolute Gasteiger partial charge is 0.262 e. The second-order valence-electron chi connectivity index (χ2n) is 7.41. The predicted molar refractivity (Wildman–Crippen MR) is 95.2 cm³/mol. The number of nitrogens with one attached hydrogen (secondary N) is 1. The van der Waals surface area contributed by atoms with E-state index in [2.05, 4.69) is 5.32 Å². The molecule has 1 saturated carbocycles. The number of hydrogen-bond donors (Lipinski definition) is 1. The van der Waals surface area contributed by atoms with Crippen LogP contribution in [0.1, 0.15) is 73.1 Å². The van der Waals surface area contributed by atoms with Gasteiger partial charge in [-0.25, -0.2) is 0 Å². The summed E-state index contributed by atoms with van der Waals surface area (Å²) in [4.78, 5) is 39.6. The molecule has 0 aromatic heterocycles. The van der Waals surface area contributed by atoms with Crippen LogP contribution in [0.5, 0.6) is 0 Å². The molecule has 3 amide bonds. The van der Waals surface area contributed by atoms with Crippen molar-refractivity contribution in [1.82, 2.24) is 10.2 Å². The van der Waals surface area contributed by atoms with Gasteiger partial charge in [0.2, 0.25) is 5.91 Å². The van der Waals surface area contributed by atoms with Crippen molar-refractivity contribution in [3.8, 4) is 0 Å². The molecule has 0 radical (unpaired) electrons. The molecule has 25 heavy (non-hydrogen) atoms. The van der Waals surface area contributed by atoms with Crippen molar-refractivity contribution in [1.29, 1.82) is 0 Å². The minimum atomic E-state index is -0.768. The van der Waals surface area contributed by atoms with Gasteiger partial charge in [0.15, 0.2) is 0 Å². The largest absolute Gasteiger partial charge is 0.352 e. The molecular weight excluding hydrogens is 316 g/mol. The Bertz CT molecular complexity index is 640. The summed E-state index contributed by atoms with van der Waals surface area (Å²) in [5.41, 5.74) is 0.779. The van der Waals surface area contributed by atoms with Crippen LogP contribution >= 0.6 is 0 Å².